The van der Waals surface area contributed by atoms with Crippen molar-refractivity contribution in [3.8, 4) is 17.2 Å². The molecule has 2 aromatic carbocycles. The van der Waals surface area contributed by atoms with Gasteiger partial charge in [0.2, 0.25) is 6.79 Å². The number of nitrogens with one attached hydrogen (secondary N) is 2. The Bertz CT molecular complexity index is 875. The Balaban J connectivity index is 1.64. The molecule has 7 nitrogen and oxygen atoms in total. The minimum Gasteiger partial charge on any atom is -0.454 e. The Labute approximate surface area is 168 Å². The van der Waals surface area contributed by atoms with Crippen LogP contribution in [0.4, 0.5) is 14.5 Å². The number of halogens is 2. The highest BCUT2D eigenvalue weighted by Crippen LogP contribution is 2.38. The first-order valence-corrected chi connectivity index (χ1v) is 9.04. The molecule has 0 saturated heterocycles. The molecule has 0 aromatic heterocycles. The highest BCUT2D eigenvalue weighted by molar-refractivity contribution is 5.79. The van der Waals surface area contributed by atoms with Crippen LogP contribution in [0.25, 0.3) is 0 Å². The van der Waals surface area contributed by atoms with E-state index in [2.05, 4.69) is 26.4 Å². The van der Waals surface area contributed by atoms with Gasteiger partial charge in [-0.3, -0.25) is 4.99 Å². The second kappa shape index (κ2) is 9.31. The van der Waals surface area contributed by atoms with Gasteiger partial charge < -0.3 is 29.7 Å². The van der Waals surface area contributed by atoms with E-state index < -0.39 is 6.61 Å². The summed E-state index contributed by atoms with van der Waals surface area (Å²) in [6.07, 6.45) is 0. The van der Waals surface area contributed by atoms with Crippen molar-refractivity contribution >= 4 is 11.6 Å². The lowest BCUT2D eigenvalue weighted by Gasteiger charge is -2.16. The Morgan fingerprint density at radius 2 is 1.86 bits per heavy atom. The summed E-state index contributed by atoms with van der Waals surface area (Å²) in [6, 6.07) is 11.1. The number of fused-ring (bicyclic) bond motifs is 1. The van der Waals surface area contributed by atoms with Gasteiger partial charge in [-0.15, -0.1) is 0 Å². The normalized spacial score (nSPS) is 12.8. The lowest BCUT2D eigenvalue weighted by molar-refractivity contribution is -0.0505. The summed E-state index contributed by atoms with van der Waals surface area (Å²) < 4.78 is 40.7. The molecule has 2 aromatic rings. The molecule has 0 aliphatic carbocycles. The topological polar surface area (TPSA) is 67.4 Å². The molecule has 1 heterocycles. The van der Waals surface area contributed by atoms with E-state index in [1.807, 2.05) is 37.2 Å². The number of ether oxygens (including phenoxy) is 3. The summed E-state index contributed by atoms with van der Waals surface area (Å²) in [5.41, 5.74) is 2.69. The summed E-state index contributed by atoms with van der Waals surface area (Å²) in [6.45, 7) is -2.11. The molecule has 0 fully saturated rings. The van der Waals surface area contributed by atoms with Crippen LogP contribution in [0.5, 0.6) is 17.2 Å². The molecule has 0 bridgehead atoms. The minimum atomic E-state index is -2.93. The van der Waals surface area contributed by atoms with Gasteiger partial charge >= 0.3 is 6.61 Å². The fraction of sp³-hybridized carbons (Fsp3) is 0.350. The van der Waals surface area contributed by atoms with Crippen LogP contribution in [-0.4, -0.2) is 40.5 Å². The molecule has 0 spiro atoms. The first-order chi connectivity index (χ1) is 14.0. The first-order valence-electron chi connectivity index (χ1n) is 9.04. The number of hydrogen-bond acceptors (Lipinski definition) is 5. The molecule has 156 valence electrons. The van der Waals surface area contributed by atoms with Gasteiger partial charge in [0.15, 0.2) is 17.5 Å². The molecule has 0 atom stereocenters. The Kier molecular flexibility index (Phi) is 6.58. The van der Waals surface area contributed by atoms with Gasteiger partial charge in [-0.25, -0.2) is 0 Å². The number of benzene rings is 2. The summed E-state index contributed by atoms with van der Waals surface area (Å²) in [7, 11) is 5.61. The van der Waals surface area contributed by atoms with Crippen molar-refractivity contribution in [3.63, 3.8) is 0 Å². The van der Waals surface area contributed by atoms with Crippen molar-refractivity contribution in [2.75, 3.05) is 32.8 Å². The van der Waals surface area contributed by atoms with Crippen molar-refractivity contribution in [2.45, 2.75) is 19.7 Å². The predicted molar refractivity (Wildman–Crippen MR) is 107 cm³/mol. The van der Waals surface area contributed by atoms with Crippen molar-refractivity contribution in [1.29, 1.82) is 0 Å². The highest BCUT2D eigenvalue weighted by atomic mass is 19.3. The van der Waals surface area contributed by atoms with E-state index in [1.165, 1.54) is 6.07 Å². The van der Waals surface area contributed by atoms with E-state index in [4.69, 9.17) is 9.47 Å². The number of alkyl halides is 2. The molecule has 29 heavy (non-hydrogen) atoms. The molecule has 0 amide bonds. The number of guanidine groups is 1. The summed E-state index contributed by atoms with van der Waals surface area (Å²) in [5, 5.41) is 6.32. The van der Waals surface area contributed by atoms with Gasteiger partial charge in [0, 0.05) is 51.5 Å². The van der Waals surface area contributed by atoms with E-state index in [1.54, 1.807) is 13.1 Å². The van der Waals surface area contributed by atoms with Crippen LogP contribution >= 0.6 is 0 Å². The third kappa shape index (κ3) is 5.40. The molecular formula is C20H24F2N4O3. The van der Waals surface area contributed by atoms with Crippen molar-refractivity contribution in [3.05, 3.63) is 47.5 Å². The Morgan fingerprint density at radius 1 is 1.14 bits per heavy atom. The fourth-order valence-electron chi connectivity index (χ4n) is 2.84. The third-order valence-corrected chi connectivity index (χ3v) is 4.33. The molecular weight excluding hydrogens is 382 g/mol. The van der Waals surface area contributed by atoms with Gasteiger partial charge in [0.05, 0.1) is 0 Å². The fourth-order valence-corrected chi connectivity index (χ4v) is 2.84. The zero-order valence-corrected chi connectivity index (χ0v) is 16.5. The van der Waals surface area contributed by atoms with E-state index in [0.29, 0.717) is 29.6 Å². The van der Waals surface area contributed by atoms with Crippen LogP contribution in [0.3, 0.4) is 0 Å². The maximum atomic E-state index is 12.8. The smallest absolute Gasteiger partial charge is 0.387 e. The number of hydrogen-bond donors (Lipinski definition) is 2. The summed E-state index contributed by atoms with van der Waals surface area (Å²) in [4.78, 5) is 6.21. The largest absolute Gasteiger partial charge is 0.454 e. The lowest BCUT2D eigenvalue weighted by atomic mass is 10.1. The second-order valence-electron chi connectivity index (χ2n) is 6.54. The summed E-state index contributed by atoms with van der Waals surface area (Å²) in [5.74, 6) is 1.44. The molecule has 0 radical (unpaired) electrons. The Hall–Kier alpha value is -3.23. The molecule has 3 rings (SSSR count). The van der Waals surface area contributed by atoms with Crippen LogP contribution in [-0.2, 0) is 13.1 Å². The van der Waals surface area contributed by atoms with Crippen molar-refractivity contribution in [1.82, 2.24) is 10.6 Å². The van der Waals surface area contributed by atoms with Gasteiger partial charge in [0.25, 0.3) is 0 Å². The van der Waals surface area contributed by atoms with Crippen LogP contribution in [0, 0.1) is 0 Å². The van der Waals surface area contributed by atoms with E-state index in [0.717, 1.165) is 11.3 Å². The molecule has 9 heteroatoms. The second-order valence-corrected chi connectivity index (χ2v) is 6.54. The predicted octanol–water partition coefficient (Wildman–Crippen LogP) is 2.95. The van der Waals surface area contributed by atoms with Gasteiger partial charge in [0.1, 0.15) is 5.75 Å². The highest BCUT2D eigenvalue weighted by Gasteiger charge is 2.20. The average molecular weight is 406 g/mol. The van der Waals surface area contributed by atoms with Crippen molar-refractivity contribution < 1.29 is 23.0 Å². The van der Waals surface area contributed by atoms with E-state index in [9.17, 15) is 8.78 Å². The quantitative estimate of drug-likeness (QED) is 0.545. The van der Waals surface area contributed by atoms with Crippen LogP contribution in [0.2, 0.25) is 0 Å². The van der Waals surface area contributed by atoms with Gasteiger partial charge in [-0.1, -0.05) is 12.1 Å². The lowest BCUT2D eigenvalue weighted by Crippen LogP contribution is -2.36. The van der Waals surface area contributed by atoms with E-state index in [-0.39, 0.29) is 19.1 Å². The molecule has 2 N–H and O–H groups in total. The van der Waals surface area contributed by atoms with Crippen LogP contribution in [0.15, 0.2) is 41.4 Å². The maximum absolute atomic E-state index is 12.8. The number of anilines is 1. The van der Waals surface area contributed by atoms with Crippen LogP contribution in [0.1, 0.15) is 11.1 Å². The molecule has 0 unspecified atom stereocenters. The van der Waals surface area contributed by atoms with E-state index >= 15 is 0 Å². The molecule has 1 aliphatic heterocycles. The Morgan fingerprint density at radius 3 is 2.55 bits per heavy atom. The van der Waals surface area contributed by atoms with Crippen LogP contribution < -0.4 is 29.7 Å². The molecule has 1 aliphatic rings. The van der Waals surface area contributed by atoms with Gasteiger partial charge in [-0.2, -0.15) is 8.78 Å². The first kappa shape index (κ1) is 20.5. The SMILES string of the molecule is CN=C(NCc1cccc(N(C)C)c1)NCc1cc2c(cc1OC(F)F)OCO2. The monoisotopic (exact) mass is 406 g/mol. The minimum absolute atomic E-state index is 0.0332. The number of aliphatic imine (C=N–C) groups is 1. The zero-order chi connectivity index (χ0) is 20.8. The van der Waals surface area contributed by atoms with Gasteiger partial charge in [-0.05, 0) is 23.8 Å². The average Bonchev–Trinajstić information content (AvgIpc) is 3.15. The third-order valence-electron chi connectivity index (χ3n) is 4.33. The van der Waals surface area contributed by atoms with Crippen molar-refractivity contribution in [2.24, 2.45) is 4.99 Å². The summed E-state index contributed by atoms with van der Waals surface area (Å²) >= 11 is 0. The molecule has 0 saturated carbocycles. The number of nitrogens with zero attached hydrogens (tertiary/aromatic N) is 2. The maximum Gasteiger partial charge on any atom is 0.387 e. The zero-order valence-electron chi connectivity index (χ0n) is 16.5. The number of rotatable bonds is 7. The standard InChI is InChI=1S/C20H24F2N4O3/c1-23-20(24-10-13-5-4-6-15(7-13)26(2)3)25-11-14-8-17-18(28-12-27-17)9-16(14)29-19(21)22/h4-9,19H,10-12H2,1-3H3,(H2,23,24,25).